The van der Waals surface area contributed by atoms with Gasteiger partial charge in [0.2, 0.25) is 5.91 Å². The number of fused-ring (bicyclic) bond motifs is 1. The fraction of sp³-hybridized carbons (Fsp3) is 0.111. The summed E-state index contributed by atoms with van der Waals surface area (Å²) in [5.41, 5.74) is 1.14. The van der Waals surface area contributed by atoms with Crippen LogP contribution in [0.4, 0.5) is 10.1 Å². The Morgan fingerprint density at radius 2 is 2.00 bits per heavy atom. The van der Waals surface area contributed by atoms with E-state index >= 15 is 0 Å². The lowest BCUT2D eigenvalue weighted by Crippen LogP contribution is -2.14. The number of amides is 1. The molecule has 2 aromatic carbocycles. The summed E-state index contributed by atoms with van der Waals surface area (Å²) >= 11 is 7.19. The maximum absolute atomic E-state index is 13.8. The Labute approximate surface area is 152 Å². The quantitative estimate of drug-likeness (QED) is 0.701. The van der Waals surface area contributed by atoms with Gasteiger partial charge in [-0.05, 0) is 30.3 Å². The Kier molecular flexibility index (Phi) is 5.40. The van der Waals surface area contributed by atoms with Gasteiger partial charge in [-0.2, -0.15) is 0 Å². The summed E-state index contributed by atoms with van der Waals surface area (Å²) in [6.45, 7) is 0. The molecule has 128 valence electrons. The Balaban J connectivity index is 1.62. The van der Waals surface area contributed by atoms with Crippen LogP contribution < -0.4 is 10.7 Å². The molecule has 0 saturated carbocycles. The maximum atomic E-state index is 13.8. The van der Waals surface area contributed by atoms with Crippen molar-refractivity contribution in [2.24, 2.45) is 0 Å². The average molecular weight is 377 g/mol. The van der Waals surface area contributed by atoms with E-state index in [0.29, 0.717) is 27.5 Å². The highest BCUT2D eigenvalue weighted by Crippen LogP contribution is 2.17. The standard InChI is InChI=1S/C18H14ClFN2O2S/c19-11-3-1-4-12(7-11)21-17(24)10-25-9-13-8-16(23)14-5-2-6-15(20)18(14)22-13/h1-8H,9-10H2,(H,21,24)(H,22,23). The maximum Gasteiger partial charge on any atom is 0.234 e. The number of H-pyrrole nitrogens is 1. The lowest BCUT2D eigenvalue weighted by atomic mass is 10.2. The number of carbonyl (C=O) groups is 1. The fourth-order valence-corrected chi connectivity index (χ4v) is 3.31. The molecule has 1 amide bonds. The zero-order valence-corrected chi connectivity index (χ0v) is 14.6. The summed E-state index contributed by atoms with van der Waals surface area (Å²) in [4.78, 5) is 26.9. The second kappa shape index (κ2) is 7.72. The second-order valence-corrected chi connectivity index (χ2v) is 6.79. The third-order valence-corrected chi connectivity index (χ3v) is 4.69. The summed E-state index contributed by atoms with van der Waals surface area (Å²) < 4.78 is 13.8. The number of benzene rings is 2. The number of halogens is 2. The number of para-hydroxylation sites is 1. The summed E-state index contributed by atoms with van der Waals surface area (Å²) in [5, 5.41) is 3.60. The van der Waals surface area contributed by atoms with Gasteiger partial charge in [0, 0.05) is 33.6 Å². The van der Waals surface area contributed by atoms with E-state index in [1.54, 1.807) is 30.3 Å². The number of carbonyl (C=O) groups excluding carboxylic acids is 1. The lowest BCUT2D eigenvalue weighted by Gasteiger charge is -2.07. The highest BCUT2D eigenvalue weighted by Gasteiger charge is 2.08. The Bertz CT molecular complexity index is 990. The average Bonchev–Trinajstić information content (AvgIpc) is 2.56. The number of anilines is 1. The summed E-state index contributed by atoms with van der Waals surface area (Å²) in [7, 11) is 0. The molecule has 0 aliphatic rings. The SMILES string of the molecule is O=C(CSCc1cc(=O)c2cccc(F)c2[nH]1)Nc1cccc(Cl)c1. The monoisotopic (exact) mass is 376 g/mol. The first kappa shape index (κ1) is 17.5. The minimum Gasteiger partial charge on any atom is -0.355 e. The van der Waals surface area contributed by atoms with E-state index in [4.69, 9.17) is 11.6 Å². The van der Waals surface area contributed by atoms with Crippen molar-refractivity contribution in [3.05, 3.63) is 75.3 Å². The van der Waals surface area contributed by atoms with Crippen molar-refractivity contribution in [2.75, 3.05) is 11.1 Å². The van der Waals surface area contributed by atoms with E-state index in [0.717, 1.165) is 0 Å². The highest BCUT2D eigenvalue weighted by molar-refractivity contribution is 7.99. The van der Waals surface area contributed by atoms with Crippen molar-refractivity contribution in [3.63, 3.8) is 0 Å². The van der Waals surface area contributed by atoms with Crippen LogP contribution in [-0.4, -0.2) is 16.6 Å². The zero-order chi connectivity index (χ0) is 17.8. The molecular formula is C18H14ClFN2O2S. The van der Waals surface area contributed by atoms with Crippen LogP contribution in [0, 0.1) is 5.82 Å². The van der Waals surface area contributed by atoms with E-state index in [1.165, 1.54) is 30.0 Å². The predicted molar refractivity (Wildman–Crippen MR) is 101 cm³/mol. The molecule has 0 aliphatic carbocycles. The molecule has 0 radical (unpaired) electrons. The smallest absolute Gasteiger partial charge is 0.234 e. The molecule has 1 heterocycles. The molecule has 0 bridgehead atoms. The van der Waals surface area contributed by atoms with Gasteiger partial charge in [0.05, 0.1) is 11.3 Å². The topological polar surface area (TPSA) is 62.0 Å². The van der Waals surface area contributed by atoms with Gasteiger partial charge in [0.15, 0.2) is 5.43 Å². The van der Waals surface area contributed by atoms with Crippen molar-refractivity contribution in [1.82, 2.24) is 4.98 Å². The molecule has 0 aliphatic heterocycles. The first-order valence-corrected chi connectivity index (χ1v) is 9.00. The van der Waals surface area contributed by atoms with Gasteiger partial charge in [0.25, 0.3) is 0 Å². The third-order valence-electron chi connectivity index (χ3n) is 3.47. The zero-order valence-electron chi connectivity index (χ0n) is 13.0. The molecule has 2 N–H and O–H groups in total. The molecule has 0 unspecified atom stereocenters. The van der Waals surface area contributed by atoms with Gasteiger partial charge in [-0.15, -0.1) is 11.8 Å². The van der Waals surface area contributed by atoms with Gasteiger partial charge in [0.1, 0.15) is 5.82 Å². The van der Waals surface area contributed by atoms with Crippen LogP contribution in [0.3, 0.4) is 0 Å². The van der Waals surface area contributed by atoms with Crippen molar-refractivity contribution in [2.45, 2.75) is 5.75 Å². The largest absolute Gasteiger partial charge is 0.355 e. The van der Waals surface area contributed by atoms with Gasteiger partial charge in [-0.25, -0.2) is 4.39 Å². The summed E-state index contributed by atoms with van der Waals surface area (Å²) in [5.74, 6) is -0.0616. The Hall–Kier alpha value is -2.31. The molecule has 0 saturated heterocycles. The van der Waals surface area contributed by atoms with Crippen LogP contribution >= 0.6 is 23.4 Å². The fourth-order valence-electron chi connectivity index (χ4n) is 2.38. The number of aromatic nitrogens is 1. The number of hydrogen-bond acceptors (Lipinski definition) is 3. The summed E-state index contributed by atoms with van der Waals surface area (Å²) in [6.07, 6.45) is 0. The molecule has 0 fully saturated rings. The number of hydrogen-bond donors (Lipinski definition) is 2. The second-order valence-electron chi connectivity index (χ2n) is 5.37. The van der Waals surface area contributed by atoms with Gasteiger partial charge < -0.3 is 10.3 Å². The third kappa shape index (κ3) is 4.41. The van der Waals surface area contributed by atoms with Crippen molar-refractivity contribution < 1.29 is 9.18 Å². The molecule has 1 aromatic heterocycles. The normalized spacial score (nSPS) is 10.8. The minimum absolute atomic E-state index is 0.179. The number of thioether (sulfide) groups is 1. The van der Waals surface area contributed by atoms with Crippen LogP contribution in [0.1, 0.15) is 5.69 Å². The molecule has 3 rings (SSSR count). The molecule has 0 spiro atoms. The number of aromatic amines is 1. The highest BCUT2D eigenvalue weighted by atomic mass is 35.5. The van der Waals surface area contributed by atoms with Crippen LogP contribution in [0.2, 0.25) is 5.02 Å². The van der Waals surface area contributed by atoms with E-state index in [2.05, 4.69) is 10.3 Å². The first-order chi connectivity index (χ1) is 12.0. The van der Waals surface area contributed by atoms with Gasteiger partial charge in [-0.3, -0.25) is 9.59 Å². The lowest BCUT2D eigenvalue weighted by molar-refractivity contribution is -0.113. The summed E-state index contributed by atoms with van der Waals surface area (Å²) in [6, 6.07) is 12.7. The Morgan fingerprint density at radius 1 is 1.20 bits per heavy atom. The molecule has 4 nitrogen and oxygen atoms in total. The van der Waals surface area contributed by atoms with Crippen molar-refractivity contribution in [1.29, 1.82) is 0 Å². The minimum atomic E-state index is -0.472. The van der Waals surface area contributed by atoms with E-state index in [1.807, 2.05) is 0 Å². The molecule has 25 heavy (non-hydrogen) atoms. The van der Waals surface area contributed by atoms with Crippen molar-refractivity contribution >= 4 is 45.9 Å². The van der Waals surface area contributed by atoms with Crippen LogP contribution in [-0.2, 0) is 10.5 Å². The number of nitrogens with one attached hydrogen (secondary N) is 2. The van der Waals surface area contributed by atoms with Gasteiger partial charge >= 0.3 is 0 Å². The van der Waals surface area contributed by atoms with Crippen LogP contribution in [0.5, 0.6) is 0 Å². The first-order valence-electron chi connectivity index (χ1n) is 7.46. The molecule has 7 heteroatoms. The predicted octanol–water partition coefficient (Wildman–Crippen LogP) is 4.19. The van der Waals surface area contributed by atoms with Crippen LogP contribution in [0.15, 0.2) is 53.3 Å². The molecule has 3 aromatic rings. The number of rotatable bonds is 5. The van der Waals surface area contributed by atoms with Gasteiger partial charge in [-0.1, -0.05) is 23.7 Å². The van der Waals surface area contributed by atoms with E-state index in [-0.39, 0.29) is 22.6 Å². The van der Waals surface area contributed by atoms with E-state index in [9.17, 15) is 14.0 Å². The molecular weight excluding hydrogens is 363 g/mol. The van der Waals surface area contributed by atoms with Crippen LogP contribution in [0.25, 0.3) is 10.9 Å². The molecule has 0 atom stereocenters. The Morgan fingerprint density at radius 3 is 2.80 bits per heavy atom. The van der Waals surface area contributed by atoms with E-state index < -0.39 is 5.82 Å². The number of pyridine rings is 1. The van der Waals surface area contributed by atoms with Crippen molar-refractivity contribution in [3.8, 4) is 0 Å².